The molecule has 6 nitrogen and oxygen atoms in total. The number of hydrogen-bond acceptors (Lipinski definition) is 5. The van der Waals surface area contributed by atoms with Crippen LogP contribution in [-0.2, 0) is 10.0 Å². The van der Waals surface area contributed by atoms with Crippen LogP contribution in [0.25, 0.3) is 0 Å². The molecule has 0 fully saturated rings. The summed E-state index contributed by atoms with van der Waals surface area (Å²) in [6, 6.07) is 1.64. The predicted octanol–water partition coefficient (Wildman–Crippen LogP) is -1.04. The normalized spacial score (nSPS) is 12.7. The van der Waals surface area contributed by atoms with Crippen LogP contribution in [0.2, 0.25) is 0 Å². The molecule has 0 heterocycles. The highest BCUT2D eigenvalue weighted by molar-refractivity contribution is 7.89. The first-order chi connectivity index (χ1) is 8.78. The molecule has 0 aliphatic rings. The van der Waals surface area contributed by atoms with Crippen molar-refractivity contribution < 1.29 is 32.5 Å². The maximum Gasteiger partial charge on any atom is 0.241 e. The van der Waals surface area contributed by atoms with E-state index in [1.165, 1.54) is 0 Å². The smallest absolute Gasteiger partial charge is 0.241 e. The van der Waals surface area contributed by atoms with Crippen molar-refractivity contribution in [1.82, 2.24) is 4.72 Å². The molecule has 0 aromatic heterocycles. The summed E-state index contributed by atoms with van der Waals surface area (Å²) in [4.78, 5) is -0.718. The SMILES string of the molecule is O=S(=O)(NC(CO)(CO)CO)c1cc(F)cc(F)c1. The summed E-state index contributed by atoms with van der Waals surface area (Å²) in [5.41, 5.74) is -1.92. The number of aliphatic hydroxyl groups excluding tert-OH is 3. The first kappa shape index (κ1) is 15.9. The Morgan fingerprint density at radius 3 is 1.79 bits per heavy atom. The Labute approximate surface area is 108 Å². The highest BCUT2D eigenvalue weighted by atomic mass is 32.2. The van der Waals surface area contributed by atoms with Crippen LogP contribution >= 0.6 is 0 Å². The van der Waals surface area contributed by atoms with Gasteiger partial charge in [-0.05, 0) is 12.1 Å². The molecule has 108 valence electrons. The predicted molar refractivity (Wildman–Crippen MR) is 60.7 cm³/mol. The summed E-state index contributed by atoms with van der Waals surface area (Å²) >= 11 is 0. The zero-order chi connectivity index (χ0) is 14.7. The first-order valence-electron chi connectivity index (χ1n) is 5.11. The van der Waals surface area contributed by atoms with Gasteiger partial charge >= 0.3 is 0 Å². The molecule has 0 atom stereocenters. The van der Waals surface area contributed by atoms with Gasteiger partial charge in [-0.25, -0.2) is 17.2 Å². The summed E-state index contributed by atoms with van der Waals surface area (Å²) in [6.45, 7) is -2.68. The number of rotatable bonds is 6. The standard InChI is InChI=1S/C10H13F2NO5S/c11-7-1-8(12)3-9(2-7)19(17,18)13-10(4-14,5-15)6-16/h1-3,13-16H,4-6H2. The van der Waals surface area contributed by atoms with Crippen LogP contribution in [0.5, 0.6) is 0 Å². The Balaban J connectivity index is 3.17. The molecule has 1 aromatic carbocycles. The molecule has 0 aliphatic heterocycles. The molecule has 0 unspecified atom stereocenters. The fourth-order valence-corrected chi connectivity index (χ4v) is 2.69. The number of aliphatic hydroxyl groups is 3. The molecule has 0 bridgehead atoms. The fraction of sp³-hybridized carbons (Fsp3) is 0.400. The zero-order valence-corrected chi connectivity index (χ0v) is 10.5. The molecule has 0 saturated heterocycles. The van der Waals surface area contributed by atoms with E-state index in [4.69, 9.17) is 15.3 Å². The number of sulfonamides is 1. The van der Waals surface area contributed by atoms with E-state index in [0.29, 0.717) is 18.2 Å². The monoisotopic (exact) mass is 297 g/mol. The molecular formula is C10H13F2NO5S. The second kappa shape index (κ2) is 5.88. The van der Waals surface area contributed by atoms with E-state index >= 15 is 0 Å². The van der Waals surface area contributed by atoms with Crippen molar-refractivity contribution in [2.75, 3.05) is 19.8 Å². The quantitative estimate of drug-likeness (QED) is 0.536. The first-order valence-corrected chi connectivity index (χ1v) is 6.59. The molecule has 1 rings (SSSR count). The number of hydrogen-bond donors (Lipinski definition) is 4. The molecule has 19 heavy (non-hydrogen) atoms. The van der Waals surface area contributed by atoms with E-state index in [2.05, 4.69) is 0 Å². The summed E-state index contributed by atoms with van der Waals surface area (Å²) in [5.74, 6) is -2.19. The van der Waals surface area contributed by atoms with Crippen molar-refractivity contribution in [3.8, 4) is 0 Å². The molecule has 1 aromatic rings. The zero-order valence-electron chi connectivity index (χ0n) is 9.68. The van der Waals surface area contributed by atoms with Crippen LogP contribution in [0.1, 0.15) is 0 Å². The van der Waals surface area contributed by atoms with Crippen molar-refractivity contribution in [3.63, 3.8) is 0 Å². The number of benzene rings is 1. The summed E-state index contributed by atoms with van der Waals surface area (Å²) in [5, 5.41) is 27.0. The molecule has 0 aliphatic carbocycles. The van der Waals surface area contributed by atoms with Gasteiger partial charge in [-0.3, -0.25) is 0 Å². The van der Waals surface area contributed by atoms with Crippen LogP contribution < -0.4 is 4.72 Å². The van der Waals surface area contributed by atoms with Gasteiger partial charge in [0, 0.05) is 6.07 Å². The summed E-state index contributed by atoms with van der Waals surface area (Å²) in [6.07, 6.45) is 0. The molecule has 0 saturated carbocycles. The summed E-state index contributed by atoms with van der Waals surface area (Å²) < 4.78 is 51.4. The molecule has 4 N–H and O–H groups in total. The van der Waals surface area contributed by atoms with Crippen molar-refractivity contribution in [3.05, 3.63) is 29.8 Å². The largest absolute Gasteiger partial charge is 0.394 e. The number of nitrogens with one attached hydrogen (secondary N) is 1. The maximum atomic E-state index is 13.0. The average molecular weight is 297 g/mol. The minimum absolute atomic E-state index is 0.496. The Morgan fingerprint density at radius 2 is 1.42 bits per heavy atom. The Morgan fingerprint density at radius 1 is 1.00 bits per heavy atom. The van der Waals surface area contributed by atoms with Gasteiger partial charge in [-0.15, -0.1) is 0 Å². The lowest BCUT2D eigenvalue weighted by molar-refractivity contribution is 0.0582. The van der Waals surface area contributed by atoms with Crippen LogP contribution in [0.3, 0.4) is 0 Å². The molecule has 0 amide bonds. The van der Waals surface area contributed by atoms with Crippen molar-refractivity contribution in [2.24, 2.45) is 0 Å². The van der Waals surface area contributed by atoms with Gasteiger partial charge in [0.2, 0.25) is 10.0 Å². The van der Waals surface area contributed by atoms with Gasteiger partial charge in [0.05, 0.1) is 24.7 Å². The average Bonchev–Trinajstić information content (AvgIpc) is 2.35. The van der Waals surface area contributed by atoms with Crippen LogP contribution in [-0.4, -0.2) is 49.1 Å². The second-order valence-electron chi connectivity index (χ2n) is 3.97. The van der Waals surface area contributed by atoms with E-state index in [0.717, 1.165) is 0 Å². The third-order valence-electron chi connectivity index (χ3n) is 2.41. The van der Waals surface area contributed by atoms with Crippen molar-refractivity contribution >= 4 is 10.0 Å². The van der Waals surface area contributed by atoms with Gasteiger partial charge in [0.15, 0.2) is 0 Å². The lowest BCUT2D eigenvalue weighted by Crippen LogP contribution is -2.56. The van der Waals surface area contributed by atoms with E-state index in [9.17, 15) is 17.2 Å². The van der Waals surface area contributed by atoms with Gasteiger partial charge in [0.25, 0.3) is 0 Å². The van der Waals surface area contributed by atoms with Crippen LogP contribution in [0.15, 0.2) is 23.1 Å². The lowest BCUT2D eigenvalue weighted by atomic mass is 10.1. The van der Waals surface area contributed by atoms with E-state index in [1.54, 1.807) is 0 Å². The molecule has 9 heteroatoms. The number of halogens is 2. The van der Waals surface area contributed by atoms with Gasteiger partial charge in [-0.2, -0.15) is 4.72 Å². The molecule has 0 spiro atoms. The van der Waals surface area contributed by atoms with Gasteiger partial charge < -0.3 is 15.3 Å². The van der Waals surface area contributed by atoms with Crippen molar-refractivity contribution in [2.45, 2.75) is 10.4 Å². The van der Waals surface area contributed by atoms with E-state index in [-0.39, 0.29) is 0 Å². The highest BCUT2D eigenvalue weighted by Crippen LogP contribution is 2.16. The van der Waals surface area contributed by atoms with E-state index in [1.807, 2.05) is 4.72 Å². The van der Waals surface area contributed by atoms with Crippen molar-refractivity contribution in [1.29, 1.82) is 0 Å². The lowest BCUT2D eigenvalue weighted by Gasteiger charge is -2.28. The van der Waals surface area contributed by atoms with Crippen LogP contribution in [0.4, 0.5) is 8.78 Å². The third-order valence-corrected chi connectivity index (χ3v) is 3.96. The van der Waals surface area contributed by atoms with Crippen LogP contribution in [0, 0.1) is 11.6 Å². The third kappa shape index (κ3) is 3.67. The topological polar surface area (TPSA) is 107 Å². The minimum atomic E-state index is -4.41. The Bertz CT molecular complexity index is 516. The second-order valence-corrected chi connectivity index (χ2v) is 5.65. The minimum Gasteiger partial charge on any atom is -0.394 e. The summed E-state index contributed by atoms with van der Waals surface area (Å²) in [7, 11) is -4.41. The molecule has 0 radical (unpaired) electrons. The van der Waals surface area contributed by atoms with Gasteiger partial charge in [0.1, 0.15) is 17.2 Å². The van der Waals surface area contributed by atoms with E-state index < -0.39 is 51.9 Å². The van der Waals surface area contributed by atoms with Gasteiger partial charge in [-0.1, -0.05) is 0 Å². The fourth-order valence-electron chi connectivity index (χ4n) is 1.27. The Kier molecular flexibility index (Phi) is 4.93. The maximum absolute atomic E-state index is 13.0. The molecular weight excluding hydrogens is 284 g/mol. The Hall–Kier alpha value is -1.13. The highest BCUT2D eigenvalue weighted by Gasteiger charge is 2.34.